The molecule has 0 aliphatic heterocycles. The smallest absolute Gasteiger partial charge is 0.184 e. The summed E-state index contributed by atoms with van der Waals surface area (Å²) < 4.78 is 12.8. The molecule has 0 unspecified atom stereocenters. The number of hydrazone groups is 1. The van der Waals surface area contributed by atoms with Gasteiger partial charge in [0.05, 0.1) is 6.21 Å². The van der Waals surface area contributed by atoms with Gasteiger partial charge in [-0.3, -0.25) is 5.43 Å². The van der Waals surface area contributed by atoms with Gasteiger partial charge in [0.1, 0.15) is 5.82 Å². The van der Waals surface area contributed by atoms with Crippen molar-refractivity contribution < 1.29 is 4.39 Å². The first-order valence-electron chi connectivity index (χ1n) is 5.59. The van der Waals surface area contributed by atoms with E-state index in [2.05, 4.69) is 22.7 Å². The van der Waals surface area contributed by atoms with Gasteiger partial charge in [0, 0.05) is 0 Å². The van der Waals surface area contributed by atoms with Gasteiger partial charge in [0.15, 0.2) is 5.11 Å². The number of hydrogen-bond donors (Lipinski definition) is 2. The minimum absolute atomic E-state index is 0.124. The maximum Gasteiger partial charge on any atom is 0.184 e. The van der Waals surface area contributed by atoms with Crippen LogP contribution in [0.5, 0.6) is 0 Å². The average Bonchev–Trinajstić information content (AvgIpc) is 2.40. The number of thiocarbonyl (C=S) groups is 1. The van der Waals surface area contributed by atoms with Crippen LogP contribution in [0, 0.1) is 5.82 Å². The number of nitrogens with zero attached hydrogens (tertiary/aromatic N) is 1. The molecule has 0 aliphatic rings. The number of rotatable bonds is 3. The Hall–Kier alpha value is -2.27. The molecule has 0 aromatic heterocycles. The van der Waals surface area contributed by atoms with Gasteiger partial charge >= 0.3 is 0 Å². The van der Waals surface area contributed by atoms with Crippen molar-refractivity contribution in [3.8, 4) is 11.1 Å². The van der Waals surface area contributed by atoms with Crippen LogP contribution in [-0.2, 0) is 0 Å². The zero-order chi connectivity index (χ0) is 13.7. The predicted octanol–water partition coefficient (Wildman–Crippen LogP) is 2.66. The van der Waals surface area contributed by atoms with Gasteiger partial charge < -0.3 is 5.73 Å². The van der Waals surface area contributed by atoms with Gasteiger partial charge in [0.2, 0.25) is 0 Å². The van der Waals surface area contributed by atoms with E-state index in [1.165, 1.54) is 12.1 Å². The third kappa shape index (κ3) is 3.86. The molecule has 0 spiro atoms. The fourth-order valence-electron chi connectivity index (χ4n) is 1.57. The van der Waals surface area contributed by atoms with E-state index in [9.17, 15) is 4.39 Å². The summed E-state index contributed by atoms with van der Waals surface area (Å²) in [6, 6.07) is 14.1. The molecule has 0 radical (unpaired) electrons. The highest BCUT2D eigenvalue weighted by Gasteiger charge is 1.97. The second-order valence-electron chi connectivity index (χ2n) is 3.86. The Morgan fingerprint density at radius 1 is 1.05 bits per heavy atom. The number of nitrogens with two attached hydrogens (primary N) is 1. The molecule has 0 amide bonds. The van der Waals surface area contributed by atoms with E-state index in [-0.39, 0.29) is 10.9 Å². The Labute approximate surface area is 115 Å². The zero-order valence-electron chi connectivity index (χ0n) is 10.0. The van der Waals surface area contributed by atoms with Gasteiger partial charge in [-0.2, -0.15) is 5.10 Å². The van der Waals surface area contributed by atoms with E-state index in [1.54, 1.807) is 18.3 Å². The molecule has 2 aromatic rings. The molecule has 0 atom stereocenters. The van der Waals surface area contributed by atoms with Crippen LogP contribution in [-0.4, -0.2) is 11.3 Å². The second-order valence-corrected chi connectivity index (χ2v) is 4.30. The molecule has 2 rings (SSSR count). The fraction of sp³-hybridized carbons (Fsp3) is 0. The van der Waals surface area contributed by atoms with Crippen molar-refractivity contribution in [1.29, 1.82) is 0 Å². The van der Waals surface area contributed by atoms with E-state index in [4.69, 9.17) is 5.73 Å². The summed E-state index contributed by atoms with van der Waals surface area (Å²) in [4.78, 5) is 0. The number of benzene rings is 2. The summed E-state index contributed by atoms with van der Waals surface area (Å²) >= 11 is 4.63. The van der Waals surface area contributed by atoms with Crippen LogP contribution in [0.2, 0.25) is 0 Å². The molecule has 5 heteroatoms. The molecule has 2 aromatic carbocycles. The van der Waals surface area contributed by atoms with Crippen LogP contribution in [0.3, 0.4) is 0 Å². The summed E-state index contributed by atoms with van der Waals surface area (Å²) in [5.74, 6) is -0.240. The first-order chi connectivity index (χ1) is 9.15. The summed E-state index contributed by atoms with van der Waals surface area (Å²) in [5.41, 5.74) is 10.6. The summed E-state index contributed by atoms with van der Waals surface area (Å²) in [5, 5.41) is 3.99. The topological polar surface area (TPSA) is 50.4 Å². The largest absolute Gasteiger partial charge is 0.375 e. The standard InChI is InChI=1S/C14H12FN3S/c15-13-7-5-12(6-8-13)11-3-1-10(2-4-11)9-17-18-14(16)19/h1-9H,(H3,16,18,19). The van der Waals surface area contributed by atoms with Gasteiger partial charge in [-0.05, 0) is 41.0 Å². The maximum absolute atomic E-state index is 12.8. The highest BCUT2D eigenvalue weighted by molar-refractivity contribution is 7.80. The van der Waals surface area contributed by atoms with E-state index in [1.807, 2.05) is 24.3 Å². The molecule has 96 valence electrons. The molecule has 0 bridgehead atoms. The van der Waals surface area contributed by atoms with Crippen LogP contribution in [0.4, 0.5) is 4.39 Å². The van der Waals surface area contributed by atoms with Crippen molar-refractivity contribution >= 4 is 23.5 Å². The van der Waals surface area contributed by atoms with Crippen LogP contribution in [0.1, 0.15) is 5.56 Å². The molecule has 0 saturated carbocycles. The molecule has 3 N–H and O–H groups in total. The van der Waals surface area contributed by atoms with Crippen molar-refractivity contribution in [1.82, 2.24) is 5.43 Å². The van der Waals surface area contributed by atoms with E-state index < -0.39 is 0 Å². The summed E-state index contributed by atoms with van der Waals surface area (Å²) in [6.07, 6.45) is 1.62. The highest BCUT2D eigenvalue weighted by atomic mass is 32.1. The minimum Gasteiger partial charge on any atom is -0.375 e. The van der Waals surface area contributed by atoms with Gasteiger partial charge in [-0.25, -0.2) is 4.39 Å². The second kappa shape index (κ2) is 6.06. The lowest BCUT2D eigenvalue weighted by Crippen LogP contribution is -2.23. The van der Waals surface area contributed by atoms with Crippen molar-refractivity contribution in [2.45, 2.75) is 0 Å². The normalized spacial score (nSPS) is 10.6. The lowest BCUT2D eigenvalue weighted by Gasteiger charge is -2.02. The molecule has 3 nitrogen and oxygen atoms in total. The molecule has 0 saturated heterocycles. The predicted molar refractivity (Wildman–Crippen MR) is 79.4 cm³/mol. The van der Waals surface area contributed by atoms with Gasteiger partial charge in [-0.1, -0.05) is 36.4 Å². The van der Waals surface area contributed by atoms with Crippen molar-refractivity contribution in [3.63, 3.8) is 0 Å². The Morgan fingerprint density at radius 3 is 2.11 bits per heavy atom. The Bertz CT molecular complexity index is 591. The van der Waals surface area contributed by atoms with E-state index in [0.29, 0.717) is 0 Å². The van der Waals surface area contributed by atoms with E-state index in [0.717, 1.165) is 16.7 Å². The minimum atomic E-state index is -0.240. The molecular formula is C14H12FN3S. The SMILES string of the molecule is NC(=S)NN=Cc1ccc(-c2ccc(F)cc2)cc1. The zero-order valence-corrected chi connectivity index (χ0v) is 10.8. The Balaban J connectivity index is 2.12. The molecular weight excluding hydrogens is 261 g/mol. The van der Waals surface area contributed by atoms with Gasteiger partial charge in [-0.15, -0.1) is 0 Å². The Morgan fingerprint density at radius 2 is 1.58 bits per heavy atom. The number of hydrogen-bond acceptors (Lipinski definition) is 2. The average molecular weight is 273 g/mol. The fourth-order valence-corrected chi connectivity index (χ4v) is 1.63. The van der Waals surface area contributed by atoms with Crippen LogP contribution >= 0.6 is 12.2 Å². The quantitative estimate of drug-likeness (QED) is 0.513. The summed E-state index contributed by atoms with van der Waals surface area (Å²) in [6.45, 7) is 0. The third-order valence-electron chi connectivity index (χ3n) is 2.48. The van der Waals surface area contributed by atoms with Crippen LogP contribution in [0.15, 0.2) is 53.6 Å². The highest BCUT2D eigenvalue weighted by Crippen LogP contribution is 2.19. The number of halogens is 1. The third-order valence-corrected chi connectivity index (χ3v) is 2.57. The van der Waals surface area contributed by atoms with Crippen molar-refractivity contribution in [2.75, 3.05) is 0 Å². The molecule has 0 fully saturated rings. The molecule has 0 aliphatic carbocycles. The summed E-state index contributed by atoms with van der Waals surface area (Å²) in [7, 11) is 0. The first kappa shape index (κ1) is 13.2. The lowest BCUT2D eigenvalue weighted by molar-refractivity contribution is 0.628. The maximum atomic E-state index is 12.8. The monoisotopic (exact) mass is 273 g/mol. The van der Waals surface area contributed by atoms with Crippen LogP contribution in [0.25, 0.3) is 11.1 Å². The first-order valence-corrected chi connectivity index (χ1v) is 6.00. The van der Waals surface area contributed by atoms with Gasteiger partial charge in [0.25, 0.3) is 0 Å². The lowest BCUT2D eigenvalue weighted by atomic mass is 10.0. The van der Waals surface area contributed by atoms with Crippen molar-refractivity contribution in [3.05, 3.63) is 59.9 Å². The van der Waals surface area contributed by atoms with Crippen LogP contribution < -0.4 is 11.2 Å². The van der Waals surface area contributed by atoms with Crippen molar-refractivity contribution in [2.24, 2.45) is 10.8 Å². The number of nitrogens with one attached hydrogen (secondary N) is 1. The molecule has 19 heavy (non-hydrogen) atoms. The Kier molecular flexibility index (Phi) is 4.20. The van der Waals surface area contributed by atoms with E-state index >= 15 is 0 Å². The molecule has 0 heterocycles.